The minimum atomic E-state index is -0.628. The van der Waals surface area contributed by atoms with Crippen LogP contribution in [0.2, 0.25) is 10.0 Å². The van der Waals surface area contributed by atoms with Crippen LogP contribution in [-0.2, 0) is 0 Å². The van der Waals surface area contributed by atoms with Gasteiger partial charge in [0, 0.05) is 46.1 Å². The summed E-state index contributed by atoms with van der Waals surface area (Å²) in [6.45, 7) is 3.80. The summed E-state index contributed by atoms with van der Waals surface area (Å²) in [6, 6.07) is 4.91. The average molecular weight is 476 g/mol. The van der Waals surface area contributed by atoms with E-state index in [1.54, 1.807) is 13.1 Å². The van der Waals surface area contributed by atoms with E-state index in [0.717, 1.165) is 30.6 Å². The van der Waals surface area contributed by atoms with Crippen LogP contribution in [0.25, 0.3) is 11.1 Å². The fraction of sp³-hybridized carbons (Fsp3) is 0.391. The van der Waals surface area contributed by atoms with E-state index in [2.05, 4.69) is 26.3 Å². The number of ether oxygens (including phenoxy) is 1. The fourth-order valence-corrected chi connectivity index (χ4v) is 5.29. The maximum atomic E-state index is 13.9. The summed E-state index contributed by atoms with van der Waals surface area (Å²) < 4.78 is 22.1. The Morgan fingerprint density at radius 1 is 1.28 bits per heavy atom. The molecule has 1 spiro atoms. The molecule has 2 fully saturated rings. The van der Waals surface area contributed by atoms with E-state index >= 15 is 0 Å². The van der Waals surface area contributed by atoms with Gasteiger partial charge in [0.2, 0.25) is 0 Å². The van der Waals surface area contributed by atoms with E-state index in [0.29, 0.717) is 27.8 Å². The molecule has 32 heavy (non-hydrogen) atoms. The smallest absolute Gasteiger partial charge is 0.166 e. The van der Waals surface area contributed by atoms with Crippen LogP contribution in [0, 0.1) is 11.2 Å². The molecule has 9 heteroatoms. The number of hydrogen-bond acceptors (Lipinski definition) is 5. The van der Waals surface area contributed by atoms with Crippen molar-refractivity contribution in [2.75, 3.05) is 18.8 Å². The molecule has 0 bridgehead atoms. The number of nitrogen functional groups attached to an aromatic ring is 1. The van der Waals surface area contributed by atoms with Gasteiger partial charge in [-0.2, -0.15) is 5.10 Å². The molecular weight excluding hydrogens is 452 g/mol. The van der Waals surface area contributed by atoms with E-state index < -0.39 is 11.9 Å². The number of aromatic nitrogens is 3. The minimum Gasteiger partial charge on any atom is -0.482 e. The molecule has 0 amide bonds. The molecule has 5 rings (SSSR count). The van der Waals surface area contributed by atoms with Gasteiger partial charge in [-0.3, -0.25) is 4.68 Å². The van der Waals surface area contributed by atoms with Gasteiger partial charge in [0.25, 0.3) is 0 Å². The molecule has 2 atom stereocenters. The van der Waals surface area contributed by atoms with Crippen molar-refractivity contribution in [2.45, 2.75) is 38.3 Å². The molecule has 1 aromatic carbocycles. The van der Waals surface area contributed by atoms with Crippen LogP contribution < -0.4 is 15.8 Å². The first-order valence-corrected chi connectivity index (χ1v) is 11.4. The summed E-state index contributed by atoms with van der Waals surface area (Å²) in [4.78, 5) is 4.29. The average Bonchev–Trinajstić information content (AvgIpc) is 3.35. The van der Waals surface area contributed by atoms with Gasteiger partial charge in [0.1, 0.15) is 11.9 Å². The van der Waals surface area contributed by atoms with Crippen LogP contribution in [0.4, 0.5) is 10.2 Å². The molecule has 1 aliphatic heterocycles. The Hall–Kier alpha value is -2.35. The lowest BCUT2D eigenvalue weighted by Gasteiger charge is -2.32. The summed E-state index contributed by atoms with van der Waals surface area (Å²) in [5, 5.41) is 8.42. The molecule has 3 N–H and O–H groups in total. The Bertz CT molecular complexity index is 1160. The minimum absolute atomic E-state index is 0.0649. The number of benzene rings is 1. The number of nitrogens with zero attached hydrogens (tertiary/aromatic N) is 3. The Labute approximate surface area is 195 Å². The van der Waals surface area contributed by atoms with Crippen LogP contribution in [0.1, 0.15) is 43.9 Å². The molecule has 168 valence electrons. The van der Waals surface area contributed by atoms with Crippen LogP contribution >= 0.6 is 23.2 Å². The van der Waals surface area contributed by atoms with Crippen molar-refractivity contribution < 1.29 is 9.13 Å². The van der Waals surface area contributed by atoms with Crippen molar-refractivity contribution in [1.82, 2.24) is 20.1 Å². The molecule has 1 aliphatic carbocycles. The lowest BCUT2D eigenvalue weighted by molar-refractivity contribution is 0.217. The zero-order valence-corrected chi connectivity index (χ0v) is 19.1. The van der Waals surface area contributed by atoms with Gasteiger partial charge in [-0.25, -0.2) is 9.37 Å². The monoisotopic (exact) mass is 475 g/mol. The van der Waals surface area contributed by atoms with Gasteiger partial charge in [0.15, 0.2) is 11.6 Å². The highest BCUT2D eigenvalue weighted by Gasteiger charge is 2.51. The molecule has 2 aromatic heterocycles. The lowest BCUT2D eigenvalue weighted by atomic mass is 9.90. The number of nitrogens with one attached hydrogen (secondary N) is 1. The molecule has 1 saturated carbocycles. The number of nitrogens with two attached hydrogens (primary N) is 1. The van der Waals surface area contributed by atoms with Gasteiger partial charge < -0.3 is 15.8 Å². The van der Waals surface area contributed by atoms with E-state index in [4.69, 9.17) is 33.7 Å². The summed E-state index contributed by atoms with van der Waals surface area (Å²) >= 11 is 12.4. The first-order chi connectivity index (χ1) is 15.4. The quantitative estimate of drug-likeness (QED) is 0.481. The lowest BCUT2D eigenvalue weighted by Crippen LogP contribution is -2.39. The number of halogens is 3. The summed E-state index contributed by atoms with van der Waals surface area (Å²) in [7, 11) is 0. The standard InChI is InChI=1S/C23H24Cl2FN5O/c1-13(20-16(24)2-3-17(26)21(20)25)32-18-8-14(9-29-22(18)27)15-10-30-31(11-15)19-4-7-28-12-23(19)5-6-23/h2-3,8-11,13,19,28H,4-7,12H2,1H3,(H2,27,29)/t13-,19?/m1/s1. The van der Waals surface area contributed by atoms with E-state index in [1.165, 1.54) is 25.0 Å². The molecular formula is C23H24Cl2FN5O. The summed E-state index contributed by atoms with van der Waals surface area (Å²) in [5.74, 6) is 0.0479. The Kier molecular flexibility index (Phi) is 5.51. The van der Waals surface area contributed by atoms with Gasteiger partial charge in [-0.1, -0.05) is 23.2 Å². The maximum absolute atomic E-state index is 13.9. The Balaban J connectivity index is 1.40. The topological polar surface area (TPSA) is 78.0 Å². The highest BCUT2D eigenvalue weighted by molar-refractivity contribution is 6.36. The van der Waals surface area contributed by atoms with E-state index in [1.807, 2.05) is 12.3 Å². The van der Waals surface area contributed by atoms with Crippen molar-refractivity contribution >= 4 is 29.0 Å². The molecule has 0 radical (unpaired) electrons. The third-order valence-electron chi connectivity index (χ3n) is 6.60. The fourth-order valence-electron chi connectivity index (χ4n) is 4.61. The first kappa shape index (κ1) is 21.5. The number of piperidine rings is 1. The maximum Gasteiger partial charge on any atom is 0.166 e. The third-order valence-corrected chi connectivity index (χ3v) is 7.31. The van der Waals surface area contributed by atoms with Crippen LogP contribution in [-0.4, -0.2) is 27.9 Å². The zero-order valence-electron chi connectivity index (χ0n) is 17.6. The molecule has 3 aromatic rings. The van der Waals surface area contributed by atoms with Gasteiger partial charge in [-0.15, -0.1) is 0 Å². The second-order valence-electron chi connectivity index (χ2n) is 8.68. The number of pyridine rings is 1. The largest absolute Gasteiger partial charge is 0.482 e. The van der Waals surface area contributed by atoms with E-state index in [9.17, 15) is 4.39 Å². The van der Waals surface area contributed by atoms with Crippen LogP contribution in [0.15, 0.2) is 36.8 Å². The second kappa shape index (κ2) is 8.21. The molecule has 3 heterocycles. The second-order valence-corrected chi connectivity index (χ2v) is 9.46. The number of hydrogen-bond donors (Lipinski definition) is 2. The van der Waals surface area contributed by atoms with Crippen molar-refractivity contribution in [3.8, 4) is 16.9 Å². The van der Waals surface area contributed by atoms with Crippen LogP contribution in [0.5, 0.6) is 5.75 Å². The van der Waals surface area contributed by atoms with Crippen molar-refractivity contribution in [3.05, 3.63) is 58.2 Å². The molecule has 1 unspecified atom stereocenters. The zero-order chi connectivity index (χ0) is 22.5. The highest BCUT2D eigenvalue weighted by Crippen LogP contribution is 2.56. The molecule has 6 nitrogen and oxygen atoms in total. The number of anilines is 1. The first-order valence-electron chi connectivity index (χ1n) is 10.7. The van der Waals surface area contributed by atoms with Crippen molar-refractivity contribution in [2.24, 2.45) is 5.41 Å². The SMILES string of the molecule is C[C@@H](Oc1cc(-c2cnn(C3CCNCC34CC4)c2)cnc1N)c1c(Cl)ccc(F)c1Cl. The summed E-state index contributed by atoms with van der Waals surface area (Å²) in [6.07, 6.45) is 8.54. The number of rotatable bonds is 5. The van der Waals surface area contributed by atoms with Gasteiger partial charge >= 0.3 is 0 Å². The predicted molar refractivity (Wildman–Crippen MR) is 124 cm³/mol. The van der Waals surface area contributed by atoms with Gasteiger partial charge in [-0.05, 0) is 50.9 Å². The Morgan fingerprint density at radius 3 is 2.88 bits per heavy atom. The molecule has 2 aliphatic rings. The highest BCUT2D eigenvalue weighted by atomic mass is 35.5. The van der Waals surface area contributed by atoms with E-state index in [-0.39, 0.29) is 10.8 Å². The Morgan fingerprint density at radius 2 is 2.09 bits per heavy atom. The predicted octanol–water partition coefficient (Wildman–Crippen LogP) is 5.43. The van der Waals surface area contributed by atoms with Gasteiger partial charge in [0.05, 0.1) is 17.3 Å². The summed E-state index contributed by atoms with van der Waals surface area (Å²) in [5.41, 5.74) is 8.54. The van der Waals surface area contributed by atoms with Crippen LogP contribution in [0.3, 0.4) is 0 Å². The normalized spacial score (nSPS) is 20.3. The van der Waals surface area contributed by atoms with Crippen molar-refractivity contribution in [1.29, 1.82) is 0 Å². The molecule has 1 saturated heterocycles. The van der Waals surface area contributed by atoms with Crippen molar-refractivity contribution in [3.63, 3.8) is 0 Å². The third kappa shape index (κ3) is 3.83.